The first-order valence-electron chi connectivity index (χ1n) is 11.7. The Morgan fingerprint density at radius 3 is 2.40 bits per heavy atom. The van der Waals surface area contributed by atoms with Crippen LogP contribution in [0.3, 0.4) is 0 Å². The minimum Gasteiger partial charge on any atom is -0.493 e. The van der Waals surface area contributed by atoms with Crippen LogP contribution in [0.4, 0.5) is 5.82 Å². The number of benzene rings is 2. The summed E-state index contributed by atoms with van der Waals surface area (Å²) in [6, 6.07) is 19.2. The van der Waals surface area contributed by atoms with Crippen molar-refractivity contribution in [2.45, 2.75) is 6.54 Å². The highest BCUT2D eigenvalue weighted by atomic mass is 32.2. The zero-order valence-electron chi connectivity index (χ0n) is 21.3. The molecule has 14 nitrogen and oxygen atoms in total. The van der Waals surface area contributed by atoms with Crippen LogP contribution in [0, 0.1) is 0 Å². The molecule has 40 heavy (non-hydrogen) atoms. The van der Waals surface area contributed by atoms with Crippen LogP contribution in [0.15, 0.2) is 72.9 Å². The number of aromatic amines is 1. The average Bonchev–Trinajstić information content (AvgIpc) is 3.53. The number of ether oxygens (including phenoxy) is 3. The molecule has 3 heterocycles. The predicted molar refractivity (Wildman–Crippen MR) is 144 cm³/mol. The van der Waals surface area contributed by atoms with E-state index in [4.69, 9.17) is 14.2 Å². The van der Waals surface area contributed by atoms with Crippen molar-refractivity contribution in [1.29, 1.82) is 0 Å². The standard InChI is InChI=1S/C25H23N9O5S/c1-37-19-10-6-7-11-20(19)39-21-24(32-40(35,36)27-15-16-8-4-3-5-9-16)28-22(29-25(21)38-2)17-12-13-26-18(14-17)23-30-33-34-31-23/h3-14,27H,15H2,1-2H3,(H,28,29,32)(H,30,31,33,34). The highest BCUT2D eigenvalue weighted by molar-refractivity contribution is 7.90. The van der Waals surface area contributed by atoms with Crippen molar-refractivity contribution >= 4 is 16.0 Å². The summed E-state index contributed by atoms with van der Waals surface area (Å²) in [7, 11) is -1.27. The van der Waals surface area contributed by atoms with E-state index in [1.54, 1.807) is 48.5 Å². The molecule has 3 N–H and O–H groups in total. The summed E-state index contributed by atoms with van der Waals surface area (Å²) in [5.74, 6) is 0.798. The topological polar surface area (TPSA) is 179 Å². The van der Waals surface area contributed by atoms with E-state index in [1.165, 1.54) is 20.4 Å². The summed E-state index contributed by atoms with van der Waals surface area (Å²) < 4.78 is 48.1. The first-order valence-corrected chi connectivity index (χ1v) is 13.2. The number of nitrogens with zero attached hydrogens (tertiary/aromatic N) is 6. The summed E-state index contributed by atoms with van der Waals surface area (Å²) in [4.78, 5) is 13.2. The van der Waals surface area contributed by atoms with Crippen molar-refractivity contribution < 1.29 is 22.6 Å². The zero-order chi connectivity index (χ0) is 28.0. The lowest BCUT2D eigenvalue weighted by Crippen LogP contribution is -2.30. The molecule has 0 saturated carbocycles. The van der Waals surface area contributed by atoms with Crippen LogP contribution >= 0.6 is 0 Å². The lowest BCUT2D eigenvalue weighted by molar-refractivity contribution is 0.348. The molecule has 0 aliphatic carbocycles. The van der Waals surface area contributed by atoms with Crippen LogP contribution < -0.4 is 23.7 Å². The lowest BCUT2D eigenvalue weighted by atomic mass is 10.2. The maximum absolute atomic E-state index is 13.1. The number of anilines is 1. The molecule has 0 radical (unpaired) electrons. The minimum absolute atomic E-state index is 0.0328. The maximum atomic E-state index is 13.1. The third kappa shape index (κ3) is 6.11. The van der Waals surface area contributed by atoms with Gasteiger partial charge in [-0.25, -0.2) is 4.98 Å². The third-order valence-corrected chi connectivity index (χ3v) is 6.43. The fourth-order valence-corrected chi connectivity index (χ4v) is 4.39. The van der Waals surface area contributed by atoms with Gasteiger partial charge in [0.25, 0.3) is 5.88 Å². The summed E-state index contributed by atoms with van der Waals surface area (Å²) >= 11 is 0. The first-order chi connectivity index (χ1) is 19.5. The Bertz CT molecular complexity index is 1700. The van der Waals surface area contributed by atoms with Crippen molar-refractivity contribution in [1.82, 2.24) is 40.3 Å². The van der Waals surface area contributed by atoms with E-state index in [-0.39, 0.29) is 35.6 Å². The molecule has 3 aromatic heterocycles. The molecule has 0 bridgehead atoms. The molecule has 204 valence electrons. The van der Waals surface area contributed by atoms with Crippen molar-refractivity contribution in [3.05, 3.63) is 78.5 Å². The van der Waals surface area contributed by atoms with E-state index in [0.717, 1.165) is 5.56 Å². The van der Waals surface area contributed by atoms with Gasteiger partial charge in [0.2, 0.25) is 11.6 Å². The van der Waals surface area contributed by atoms with Crippen LogP contribution in [-0.2, 0) is 16.8 Å². The number of pyridine rings is 1. The molecule has 0 aliphatic heterocycles. The third-order valence-electron chi connectivity index (χ3n) is 5.44. The van der Waals surface area contributed by atoms with E-state index in [9.17, 15) is 8.42 Å². The molecule has 0 spiro atoms. The number of tetrazole rings is 1. The molecule has 5 aromatic rings. The van der Waals surface area contributed by atoms with Gasteiger partial charge in [-0.2, -0.15) is 23.3 Å². The van der Waals surface area contributed by atoms with Crippen LogP contribution in [0.2, 0.25) is 0 Å². The molecule has 15 heteroatoms. The molecular weight excluding hydrogens is 538 g/mol. The van der Waals surface area contributed by atoms with Crippen molar-refractivity contribution in [3.63, 3.8) is 0 Å². The fourth-order valence-electron chi connectivity index (χ4n) is 3.57. The number of methoxy groups -OCH3 is 2. The number of nitrogens with one attached hydrogen (secondary N) is 3. The second-order valence-electron chi connectivity index (χ2n) is 8.06. The van der Waals surface area contributed by atoms with Gasteiger partial charge in [0.1, 0.15) is 5.69 Å². The Morgan fingerprint density at radius 1 is 0.900 bits per heavy atom. The van der Waals surface area contributed by atoms with Crippen LogP contribution in [0.5, 0.6) is 23.1 Å². The Kier molecular flexibility index (Phi) is 7.75. The van der Waals surface area contributed by atoms with Gasteiger partial charge in [0.05, 0.1) is 14.2 Å². The molecular formula is C25H23N9O5S. The first kappa shape index (κ1) is 26.5. The number of rotatable bonds is 11. The van der Waals surface area contributed by atoms with Crippen molar-refractivity contribution in [3.8, 4) is 46.0 Å². The Balaban J connectivity index is 1.56. The number of aromatic nitrogens is 7. The van der Waals surface area contributed by atoms with Gasteiger partial charge in [-0.1, -0.05) is 42.5 Å². The normalized spacial score (nSPS) is 11.2. The smallest absolute Gasteiger partial charge is 0.300 e. The van der Waals surface area contributed by atoms with Gasteiger partial charge >= 0.3 is 10.2 Å². The molecule has 0 atom stereocenters. The summed E-state index contributed by atoms with van der Waals surface area (Å²) in [5.41, 5.74) is 1.65. The van der Waals surface area contributed by atoms with E-state index >= 15 is 0 Å². The van der Waals surface area contributed by atoms with Gasteiger partial charge in [-0.05, 0) is 35.0 Å². The van der Waals surface area contributed by atoms with E-state index in [1.807, 2.05) is 18.2 Å². The van der Waals surface area contributed by atoms with E-state index in [2.05, 4.69) is 45.0 Å². The number of H-pyrrole nitrogens is 1. The molecule has 0 unspecified atom stereocenters. The Morgan fingerprint density at radius 2 is 1.68 bits per heavy atom. The average molecular weight is 562 g/mol. The van der Waals surface area contributed by atoms with Crippen molar-refractivity contribution in [2.24, 2.45) is 0 Å². The molecule has 0 saturated heterocycles. The van der Waals surface area contributed by atoms with Crippen molar-refractivity contribution in [2.75, 3.05) is 18.9 Å². The summed E-state index contributed by atoms with van der Waals surface area (Å²) in [6.07, 6.45) is 1.52. The molecule has 0 amide bonds. The molecule has 0 fully saturated rings. The van der Waals surface area contributed by atoms with Crippen LogP contribution in [0.25, 0.3) is 22.9 Å². The molecule has 0 aliphatic rings. The quantitative estimate of drug-likeness (QED) is 0.216. The van der Waals surface area contributed by atoms with E-state index < -0.39 is 10.2 Å². The summed E-state index contributed by atoms with van der Waals surface area (Å²) in [5, 5.41) is 13.8. The highest BCUT2D eigenvalue weighted by Gasteiger charge is 2.24. The Labute approximate surface area is 229 Å². The van der Waals surface area contributed by atoms with Gasteiger partial charge in [-0.3, -0.25) is 9.71 Å². The minimum atomic E-state index is -4.13. The van der Waals surface area contributed by atoms with Crippen LogP contribution in [0.1, 0.15) is 5.56 Å². The molecule has 5 rings (SSSR count). The SMILES string of the molecule is COc1ccccc1Oc1c(NS(=O)(=O)NCc2ccccc2)nc(-c2ccnc(-c3nn[nH]n3)c2)nc1OC. The molecule has 2 aromatic carbocycles. The van der Waals surface area contributed by atoms with Gasteiger partial charge in [0, 0.05) is 18.3 Å². The zero-order valence-corrected chi connectivity index (χ0v) is 22.1. The lowest BCUT2D eigenvalue weighted by Gasteiger charge is -2.17. The second-order valence-corrected chi connectivity index (χ2v) is 9.56. The highest BCUT2D eigenvalue weighted by Crippen LogP contribution is 2.41. The number of hydrogen-bond donors (Lipinski definition) is 3. The Hall–Kier alpha value is -5.15. The van der Waals surface area contributed by atoms with E-state index in [0.29, 0.717) is 22.8 Å². The monoisotopic (exact) mass is 561 g/mol. The largest absolute Gasteiger partial charge is 0.493 e. The second kappa shape index (κ2) is 11.7. The number of hydrogen-bond acceptors (Lipinski definition) is 11. The van der Waals surface area contributed by atoms with Crippen LogP contribution in [-0.4, -0.2) is 58.2 Å². The number of para-hydroxylation sites is 2. The van der Waals surface area contributed by atoms with Gasteiger partial charge < -0.3 is 14.2 Å². The maximum Gasteiger partial charge on any atom is 0.300 e. The fraction of sp³-hybridized carbons (Fsp3) is 0.120. The van der Waals surface area contributed by atoms with Gasteiger partial charge in [-0.15, -0.1) is 10.2 Å². The van der Waals surface area contributed by atoms with Gasteiger partial charge in [0.15, 0.2) is 23.1 Å². The predicted octanol–water partition coefficient (Wildman–Crippen LogP) is 2.97. The summed E-state index contributed by atoms with van der Waals surface area (Å²) in [6.45, 7) is 0.0480.